The highest BCUT2D eigenvalue weighted by atomic mass is 35.5. The fourth-order valence-corrected chi connectivity index (χ4v) is 4.24. The molecule has 8 heteroatoms. The van der Waals surface area contributed by atoms with Gasteiger partial charge in [-0.15, -0.1) is 5.10 Å². The number of nitrogens with zero attached hydrogens (tertiary/aromatic N) is 2. The van der Waals surface area contributed by atoms with E-state index >= 15 is 0 Å². The third-order valence-electron chi connectivity index (χ3n) is 5.27. The van der Waals surface area contributed by atoms with Crippen LogP contribution in [0.3, 0.4) is 0 Å². The summed E-state index contributed by atoms with van der Waals surface area (Å²) in [6.45, 7) is 4.48. The maximum atomic E-state index is 12.3. The van der Waals surface area contributed by atoms with Crippen molar-refractivity contribution in [1.82, 2.24) is 20.5 Å². The molecule has 1 fully saturated rings. The van der Waals surface area contributed by atoms with Crippen LogP contribution in [-0.4, -0.2) is 40.0 Å². The summed E-state index contributed by atoms with van der Waals surface area (Å²) in [7, 11) is 1.59. The van der Waals surface area contributed by atoms with Crippen LogP contribution < -0.4 is 10.1 Å². The number of methoxy groups -OCH3 is 1. The fraction of sp³-hybridized carbons (Fsp3) is 0.526. The van der Waals surface area contributed by atoms with Crippen molar-refractivity contribution in [3.63, 3.8) is 0 Å². The first-order valence-electron chi connectivity index (χ1n) is 9.16. The molecule has 2 N–H and O–H groups in total. The van der Waals surface area contributed by atoms with Crippen molar-refractivity contribution in [3.8, 4) is 17.1 Å². The Morgan fingerprint density at radius 3 is 3.00 bits per heavy atom. The first-order chi connectivity index (χ1) is 13.0. The molecule has 27 heavy (non-hydrogen) atoms. The van der Waals surface area contributed by atoms with Crippen LogP contribution in [0, 0.1) is 11.8 Å². The highest BCUT2D eigenvalue weighted by molar-refractivity contribution is 7.99. The van der Waals surface area contributed by atoms with E-state index in [1.54, 1.807) is 25.3 Å². The van der Waals surface area contributed by atoms with Gasteiger partial charge in [0.25, 0.3) is 0 Å². The van der Waals surface area contributed by atoms with Gasteiger partial charge in [0.2, 0.25) is 11.1 Å². The van der Waals surface area contributed by atoms with Gasteiger partial charge in [-0.1, -0.05) is 50.1 Å². The highest BCUT2D eigenvalue weighted by Gasteiger charge is 2.28. The summed E-state index contributed by atoms with van der Waals surface area (Å²) >= 11 is 7.38. The summed E-state index contributed by atoms with van der Waals surface area (Å²) in [5.74, 6) is 2.70. The lowest BCUT2D eigenvalue weighted by Crippen LogP contribution is -2.44. The number of thioether (sulfide) groups is 1. The summed E-state index contributed by atoms with van der Waals surface area (Å²) in [5, 5.41) is 11.4. The molecule has 1 amide bonds. The molecular formula is C19H25ClN4O2S. The van der Waals surface area contributed by atoms with Crippen molar-refractivity contribution in [2.45, 2.75) is 44.3 Å². The molecule has 2 aromatic rings. The quantitative estimate of drug-likeness (QED) is 0.701. The van der Waals surface area contributed by atoms with E-state index in [-0.39, 0.29) is 11.9 Å². The maximum absolute atomic E-state index is 12.3. The van der Waals surface area contributed by atoms with Gasteiger partial charge in [-0.25, -0.2) is 4.98 Å². The first-order valence-corrected chi connectivity index (χ1v) is 10.5. The number of benzene rings is 1. The second-order valence-electron chi connectivity index (χ2n) is 7.04. The molecule has 1 aromatic carbocycles. The monoisotopic (exact) mass is 408 g/mol. The predicted octanol–water partition coefficient (Wildman–Crippen LogP) is 4.17. The third-order valence-corrected chi connectivity index (χ3v) is 6.35. The number of rotatable bonds is 6. The van der Waals surface area contributed by atoms with E-state index in [0.29, 0.717) is 39.3 Å². The van der Waals surface area contributed by atoms with E-state index in [0.717, 1.165) is 12.0 Å². The van der Waals surface area contributed by atoms with E-state index in [1.165, 1.54) is 24.6 Å². The molecule has 0 saturated heterocycles. The number of aromatic nitrogens is 3. The van der Waals surface area contributed by atoms with Gasteiger partial charge >= 0.3 is 0 Å². The largest absolute Gasteiger partial charge is 0.496 e. The van der Waals surface area contributed by atoms with Crippen molar-refractivity contribution in [3.05, 3.63) is 23.2 Å². The number of halogens is 1. The van der Waals surface area contributed by atoms with Crippen molar-refractivity contribution in [2.24, 2.45) is 11.8 Å². The number of H-pyrrole nitrogens is 1. The number of hydrogen-bond acceptors (Lipinski definition) is 5. The summed E-state index contributed by atoms with van der Waals surface area (Å²) in [4.78, 5) is 16.8. The van der Waals surface area contributed by atoms with E-state index in [2.05, 4.69) is 34.3 Å². The van der Waals surface area contributed by atoms with Crippen molar-refractivity contribution in [1.29, 1.82) is 0 Å². The van der Waals surface area contributed by atoms with Gasteiger partial charge in [0, 0.05) is 11.1 Å². The lowest BCUT2D eigenvalue weighted by Gasteiger charge is -2.34. The van der Waals surface area contributed by atoms with E-state index < -0.39 is 0 Å². The smallest absolute Gasteiger partial charge is 0.230 e. The van der Waals surface area contributed by atoms with Crippen LogP contribution in [0.25, 0.3) is 11.4 Å². The molecule has 1 saturated carbocycles. The van der Waals surface area contributed by atoms with Crippen molar-refractivity contribution in [2.75, 3.05) is 12.9 Å². The molecule has 0 radical (unpaired) electrons. The SMILES string of the molecule is COc1ccc(Cl)cc1-c1nc(SCC(=O)N[C@H]2CCC[C@H](C)[C@@H]2C)n[nH]1. The second kappa shape index (κ2) is 8.97. The average molecular weight is 409 g/mol. The van der Waals surface area contributed by atoms with Gasteiger partial charge in [-0.2, -0.15) is 0 Å². The Kier molecular flexibility index (Phi) is 6.65. The zero-order chi connectivity index (χ0) is 19.4. The molecule has 1 aromatic heterocycles. The fourth-order valence-electron chi connectivity index (χ4n) is 3.46. The number of nitrogens with one attached hydrogen (secondary N) is 2. The molecular weight excluding hydrogens is 384 g/mol. The van der Waals surface area contributed by atoms with Gasteiger partial charge < -0.3 is 10.1 Å². The molecule has 0 bridgehead atoms. The molecule has 0 spiro atoms. The van der Waals surface area contributed by atoms with Crippen molar-refractivity contribution < 1.29 is 9.53 Å². The first kappa shape index (κ1) is 20.0. The number of carbonyl (C=O) groups is 1. The van der Waals surface area contributed by atoms with Crippen LogP contribution in [0.2, 0.25) is 5.02 Å². The molecule has 3 atom stereocenters. The van der Waals surface area contributed by atoms with E-state index in [9.17, 15) is 4.79 Å². The van der Waals surface area contributed by atoms with Crippen LogP contribution in [0.1, 0.15) is 33.1 Å². The molecule has 3 rings (SSSR count). The number of hydrogen-bond donors (Lipinski definition) is 2. The summed E-state index contributed by atoms with van der Waals surface area (Å²) in [6.07, 6.45) is 3.48. The Bertz CT molecular complexity index is 798. The number of aromatic amines is 1. The normalized spacial score (nSPS) is 22.4. The van der Waals surface area contributed by atoms with Crippen molar-refractivity contribution >= 4 is 29.3 Å². The standard InChI is InChI=1S/C19H25ClN4O2S/c1-11-5-4-6-15(12(11)2)21-17(25)10-27-19-22-18(23-24-19)14-9-13(20)7-8-16(14)26-3/h7-9,11-12,15H,4-6,10H2,1-3H3,(H,21,25)(H,22,23,24)/t11-,12-,15-/m0/s1. The van der Waals surface area contributed by atoms with Gasteiger partial charge in [0.05, 0.1) is 18.4 Å². The summed E-state index contributed by atoms with van der Waals surface area (Å²) in [6, 6.07) is 5.58. The molecule has 1 aliphatic rings. The lowest BCUT2D eigenvalue weighted by atomic mass is 9.78. The maximum Gasteiger partial charge on any atom is 0.230 e. The number of ether oxygens (including phenoxy) is 1. The van der Waals surface area contributed by atoms with Gasteiger partial charge in [-0.3, -0.25) is 9.89 Å². The Morgan fingerprint density at radius 1 is 1.41 bits per heavy atom. The minimum absolute atomic E-state index is 0.0256. The van der Waals surface area contributed by atoms with Gasteiger partial charge in [-0.05, 0) is 36.5 Å². The highest BCUT2D eigenvalue weighted by Crippen LogP contribution is 2.31. The van der Waals surface area contributed by atoms with E-state index in [4.69, 9.17) is 16.3 Å². The minimum Gasteiger partial charge on any atom is -0.496 e. The molecule has 146 valence electrons. The Labute approximate surface area is 168 Å². The van der Waals surface area contributed by atoms with Gasteiger partial charge in [0.1, 0.15) is 5.75 Å². The minimum atomic E-state index is 0.0256. The zero-order valence-corrected chi connectivity index (χ0v) is 17.4. The molecule has 1 heterocycles. The third kappa shape index (κ3) is 4.96. The van der Waals surface area contributed by atoms with Crippen LogP contribution >= 0.6 is 23.4 Å². The zero-order valence-electron chi connectivity index (χ0n) is 15.8. The van der Waals surface area contributed by atoms with Crippen LogP contribution in [0.5, 0.6) is 5.75 Å². The molecule has 0 unspecified atom stereocenters. The number of amides is 1. The molecule has 6 nitrogen and oxygen atoms in total. The van der Waals surface area contributed by atoms with Crippen LogP contribution in [-0.2, 0) is 4.79 Å². The average Bonchev–Trinajstić information content (AvgIpc) is 3.13. The Morgan fingerprint density at radius 2 is 2.22 bits per heavy atom. The Balaban J connectivity index is 1.58. The lowest BCUT2D eigenvalue weighted by molar-refractivity contribution is -0.120. The second-order valence-corrected chi connectivity index (χ2v) is 8.42. The molecule has 1 aliphatic carbocycles. The number of carbonyl (C=O) groups excluding carboxylic acids is 1. The topological polar surface area (TPSA) is 79.9 Å². The Hall–Kier alpha value is -1.73. The van der Waals surface area contributed by atoms with Crippen LogP contribution in [0.4, 0.5) is 0 Å². The summed E-state index contributed by atoms with van der Waals surface area (Å²) < 4.78 is 5.35. The predicted molar refractivity (Wildman–Crippen MR) is 108 cm³/mol. The van der Waals surface area contributed by atoms with Gasteiger partial charge in [0.15, 0.2) is 5.82 Å². The van der Waals surface area contributed by atoms with E-state index in [1.807, 2.05) is 0 Å². The van der Waals surface area contributed by atoms with Crippen LogP contribution in [0.15, 0.2) is 23.4 Å². The molecule has 0 aliphatic heterocycles. The summed E-state index contributed by atoms with van der Waals surface area (Å²) in [5.41, 5.74) is 0.735.